The molecule has 14 heavy (non-hydrogen) atoms. The van der Waals surface area contributed by atoms with Gasteiger partial charge in [0.15, 0.2) is 0 Å². The molecule has 1 rings (SSSR count). The molecule has 0 bridgehead atoms. The van der Waals surface area contributed by atoms with E-state index in [1.807, 2.05) is 12.1 Å². The maximum absolute atomic E-state index is 8.78. The molecular weight excluding hydrogens is 178 g/mol. The summed E-state index contributed by atoms with van der Waals surface area (Å²) in [6.45, 7) is 0. The highest BCUT2D eigenvalue weighted by molar-refractivity contribution is 5.64. The van der Waals surface area contributed by atoms with Crippen LogP contribution in [0.5, 0.6) is 5.75 Å². The standard InChI is InChI=1S/C10H9N3O/c1-14-9-3-2-7(6-12)8(4-5-11)10(9)13/h2-3H,4,13H2,1H3. The van der Waals surface area contributed by atoms with Crippen LogP contribution in [-0.2, 0) is 6.42 Å². The molecule has 0 radical (unpaired) electrons. The summed E-state index contributed by atoms with van der Waals surface area (Å²) in [4.78, 5) is 0. The average molecular weight is 187 g/mol. The van der Waals surface area contributed by atoms with Gasteiger partial charge < -0.3 is 10.5 Å². The lowest BCUT2D eigenvalue weighted by Gasteiger charge is -2.08. The number of anilines is 1. The van der Waals surface area contributed by atoms with Gasteiger partial charge in [0, 0.05) is 5.56 Å². The summed E-state index contributed by atoms with van der Waals surface area (Å²) in [5.41, 5.74) is 7.06. The Morgan fingerprint density at radius 3 is 2.64 bits per heavy atom. The Morgan fingerprint density at radius 2 is 2.14 bits per heavy atom. The Morgan fingerprint density at radius 1 is 1.43 bits per heavy atom. The van der Waals surface area contributed by atoms with Gasteiger partial charge in [0.05, 0.1) is 36.9 Å². The molecule has 0 fully saturated rings. The Balaban J connectivity index is 3.34. The quantitative estimate of drug-likeness (QED) is 0.705. The Hall–Kier alpha value is -2.20. The number of nitrogens with two attached hydrogens (primary N) is 1. The van der Waals surface area contributed by atoms with Gasteiger partial charge in [-0.1, -0.05) is 0 Å². The molecule has 0 atom stereocenters. The van der Waals surface area contributed by atoms with Crippen LogP contribution in [0.2, 0.25) is 0 Å². The SMILES string of the molecule is COc1ccc(C#N)c(CC#N)c1N. The van der Waals surface area contributed by atoms with Crippen LogP contribution in [0.4, 0.5) is 5.69 Å². The Kier molecular flexibility index (Phi) is 2.93. The zero-order valence-electron chi connectivity index (χ0n) is 7.74. The third kappa shape index (κ3) is 1.60. The number of hydrogen-bond acceptors (Lipinski definition) is 4. The molecule has 70 valence electrons. The van der Waals surface area contributed by atoms with Crippen molar-refractivity contribution >= 4 is 5.69 Å². The Bertz CT molecular complexity index is 426. The van der Waals surface area contributed by atoms with Gasteiger partial charge in [-0.25, -0.2) is 0 Å². The summed E-state index contributed by atoms with van der Waals surface area (Å²) in [6.07, 6.45) is 0.117. The molecule has 0 aromatic heterocycles. The summed E-state index contributed by atoms with van der Waals surface area (Å²) >= 11 is 0. The number of nitriles is 2. The first-order valence-corrected chi connectivity index (χ1v) is 3.97. The zero-order chi connectivity index (χ0) is 10.6. The van der Waals surface area contributed by atoms with E-state index in [1.54, 1.807) is 12.1 Å². The van der Waals surface area contributed by atoms with E-state index < -0.39 is 0 Å². The molecule has 1 aromatic rings. The maximum atomic E-state index is 8.78. The van der Waals surface area contributed by atoms with Crippen LogP contribution >= 0.6 is 0 Å². The molecule has 0 aliphatic heterocycles. The van der Waals surface area contributed by atoms with Crippen LogP contribution in [0.25, 0.3) is 0 Å². The van der Waals surface area contributed by atoms with Crippen LogP contribution < -0.4 is 10.5 Å². The minimum atomic E-state index is 0.117. The van der Waals surface area contributed by atoms with Crippen molar-refractivity contribution in [3.63, 3.8) is 0 Å². The van der Waals surface area contributed by atoms with Crippen molar-refractivity contribution < 1.29 is 4.74 Å². The van der Waals surface area contributed by atoms with Crippen LogP contribution in [0.3, 0.4) is 0 Å². The van der Waals surface area contributed by atoms with Gasteiger partial charge >= 0.3 is 0 Å². The first kappa shape index (κ1) is 9.88. The summed E-state index contributed by atoms with van der Waals surface area (Å²) < 4.78 is 4.99. The first-order chi connectivity index (χ1) is 6.74. The van der Waals surface area contributed by atoms with Gasteiger partial charge in [-0.2, -0.15) is 10.5 Å². The molecule has 0 aliphatic carbocycles. The number of methoxy groups -OCH3 is 1. The van der Waals surface area contributed by atoms with Crippen molar-refractivity contribution in [3.8, 4) is 17.9 Å². The van der Waals surface area contributed by atoms with E-state index in [2.05, 4.69) is 0 Å². The second-order valence-corrected chi connectivity index (χ2v) is 2.65. The number of rotatable bonds is 2. The smallest absolute Gasteiger partial charge is 0.142 e. The number of hydrogen-bond donors (Lipinski definition) is 1. The lowest BCUT2D eigenvalue weighted by molar-refractivity contribution is 0.416. The molecule has 0 saturated carbocycles. The van der Waals surface area contributed by atoms with Gasteiger partial charge in [-0.05, 0) is 12.1 Å². The molecule has 0 unspecified atom stereocenters. The first-order valence-electron chi connectivity index (χ1n) is 3.97. The monoisotopic (exact) mass is 187 g/mol. The molecule has 0 saturated heterocycles. The van der Waals surface area contributed by atoms with Crippen LogP contribution in [0.1, 0.15) is 11.1 Å². The van der Waals surface area contributed by atoms with E-state index in [9.17, 15) is 0 Å². The van der Waals surface area contributed by atoms with E-state index in [-0.39, 0.29) is 6.42 Å². The van der Waals surface area contributed by atoms with E-state index >= 15 is 0 Å². The summed E-state index contributed by atoms with van der Waals surface area (Å²) in [5, 5.41) is 17.3. The van der Waals surface area contributed by atoms with Crippen molar-refractivity contribution in [2.24, 2.45) is 0 Å². The summed E-state index contributed by atoms with van der Waals surface area (Å²) in [6, 6.07) is 7.17. The van der Waals surface area contributed by atoms with E-state index in [0.29, 0.717) is 22.6 Å². The van der Waals surface area contributed by atoms with Gasteiger partial charge in [0.1, 0.15) is 5.75 Å². The minimum Gasteiger partial charge on any atom is -0.495 e. The second kappa shape index (κ2) is 4.15. The third-order valence-corrected chi connectivity index (χ3v) is 1.91. The fraction of sp³-hybridized carbons (Fsp3) is 0.200. The second-order valence-electron chi connectivity index (χ2n) is 2.65. The number of ether oxygens (including phenoxy) is 1. The largest absolute Gasteiger partial charge is 0.495 e. The fourth-order valence-electron chi connectivity index (χ4n) is 1.20. The van der Waals surface area contributed by atoms with Crippen LogP contribution in [0.15, 0.2) is 12.1 Å². The lowest BCUT2D eigenvalue weighted by atomic mass is 10.0. The van der Waals surface area contributed by atoms with Crippen molar-refractivity contribution in [2.75, 3.05) is 12.8 Å². The molecule has 0 aliphatic rings. The van der Waals surface area contributed by atoms with Crippen molar-refractivity contribution in [1.82, 2.24) is 0 Å². The maximum Gasteiger partial charge on any atom is 0.142 e. The summed E-state index contributed by atoms with van der Waals surface area (Å²) in [7, 11) is 1.49. The molecule has 1 aromatic carbocycles. The molecular formula is C10H9N3O. The molecule has 0 spiro atoms. The predicted octanol–water partition coefficient (Wildman–Crippen LogP) is 1.22. The van der Waals surface area contributed by atoms with Gasteiger partial charge in [-0.15, -0.1) is 0 Å². The highest BCUT2D eigenvalue weighted by atomic mass is 16.5. The lowest BCUT2D eigenvalue weighted by Crippen LogP contribution is -2.00. The highest BCUT2D eigenvalue weighted by Gasteiger charge is 2.10. The molecule has 0 heterocycles. The number of nitrogen functional groups attached to an aromatic ring is 1. The van der Waals surface area contributed by atoms with Crippen molar-refractivity contribution in [3.05, 3.63) is 23.3 Å². The van der Waals surface area contributed by atoms with E-state index in [1.165, 1.54) is 7.11 Å². The van der Waals surface area contributed by atoms with Gasteiger partial charge in [-0.3, -0.25) is 0 Å². The van der Waals surface area contributed by atoms with Gasteiger partial charge in [0.25, 0.3) is 0 Å². The van der Waals surface area contributed by atoms with Crippen molar-refractivity contribution in [1.29, 1.82) is 10.5 Å². The number of nitrogens with zero attached hydrogens (tertiary/aromatic N) is 2. The third-order valence-electron chi connectivity index (χ3n) is 1.91. The number of benzene rings is 1. The average Bonchev–Trinajstić information content (AvgIpc) is 2.21. The molecule has 4 nitrogen and oxygen atoms in total. The molecule has 0 amide bonds. The van der Waals surface area contributed by atoms with E-state index in [0.717, 1.165) is 0 Å². The molecule has 4 heteroatoms. The van der Waals surface area contributed by atoms with Crippen LogP contribution in [-0.4, -0.2) is 7.11 Å². The fourth-order valence-corrected chi connectivity index (χ4v) is 1.20. The minimum absolute atomic E-state index is 0.117. The molecule has 2 N–H and O–H groups in total. The zero-order valence-corrected chi connectivity index (χ0v) is 7.74. The van der Waals surface area contributed by atoms with E-state index in [4.69, 9.17) is 21.0 Å². The Labute approximate surface area is 82.1 Å². The summed E-state index contributed by atoms with van der Waals surface area (Å²) in [5.74, 6) is 0.495. The van der Waals surface area contributed by atoms with Crippen LogP contribution in [0, 0.1) is 22.7 Å². The van der Waals surface area contributed by atoms with Gasteiger partial charge in [0.2, 0.25) is 0 Å². The van der Waals surface area contributed by atoms with Crippen molar-refractivity contribution in [2.45, 2.75) is 6.42 Å². The topological polar surface area (TPSA) is 82.8 Å². The predicted molar refractivity (Wildman–Crippen MR) is 51.4 cm³/mol. The normalized spacial score (nSPS) is 8.79. The highest BCUT2D eigenvalue weighted by Crippen LogP contribution is 2.27.